The van der Waals surface area contributed by atoms with E-state index in [1.54, 1.807) is 19.3 Å². The van der Waals surface area contributed by atoms with E-state index in [4.69, 9.17) is 0 Å². The average Bonchev–Trinajstić information content (AvgIpc) is 2.22. The summed E-state index contributed by atoms with van der Waals surface area (Å²) in [6, 6.07) is 9.07. The van der Waals surface area contributed by atoms with Crippen molar-refractivity contribution in [3.8, 4) is 11.3 Å². The van der Waals surface area contributed by atoms with Crippen LogP contribution < -0.4 is 5.56 Å². The lowest BCUT2D eigenvalue weighted by Crippen LogP contribution is -2.14. The number of hydrogen-bond acceptors (Lipinski definition) is 2. The number of rotatable bonds is 1. The monoisotopic (exact) mass is 264 g/mol. The van der Waals surface area contributed by atoms with Gasteiger partial charge in [-0.15, -0.1) is 0 Å². The molecule has 0 saturated heterocycles. The van der Waals surface area contributed by atoms with Gasteiger partial charge in [-0.05, 0) is 34.1 Å². The quantitative estimate of drug-likeness (QED) is 0.741. The van der Waals surface area contributed by atoms with Crippen LogP contribution in [0.4, 0.5) is 0 Å². The van der Waals surface area contributed by atoms with Gasteiger partial charge in [0, 0.05) is 24.9 Å². The molecule has 0 aromatic carbocycles. The summed E-state index contributed by atoms with van der Waals surface area (Å²) in [5.41, 5.74) is 1.59. The fraction of sp³-hybridized carbons (Fsp3) is 0.0909. The Labute approximate surface area is 95.5 Å². The van der Waals surface area contributed by atoms with Crippen molar-refractivity contribution in [1.29, 1.82) is 0 Å². The van der Waals surface area contributed by atoms with Crippen LogP contribution in [0.2, 0.25) is 0 Å². The van der Waals surface area contributed by atoms with Gasteiger partial charge in [0.05, 0.1) is 5.69 Å². The molecule has 2 heterocycles. The van der Waals surface area contributed by atoms with E-state index in [0.717, 1.165) is 15.9 Å². The maximum absolute atomic E-state index is 11.4. The average molecular weight is 265 g/mol. The van der Waals surface area contributed by atoms with E-state index in [1.807, 2.05) is 24.3 Å². The summed E-state index contributed by atoms with van der Waals surface area (Å²) in [4.78, 5) is 15.7. The normalized spacial score (nSPS) is 10.3. The molecule has 0 amide bonds. The highest BCUT2D eigenvalue weighted by Crippen LogP contribution is 2.16. The lowest BCUT2D eigenvalue weighted by atomic mass is 10.2. The molecule has 0 fully saturated rings. The van der Waals surface area contributed by atoms with E-state index >= 15 is 0 Å². The highest BCUT2D eigenvalue weighted by atomic mass is 79.9. The predicted octanol–water partition coefficient (Wildman–Crippen LogP) is 2.21. The van der Waals surface area contributed by atoms with Crippen molar-refractivity contribution in [1.82, 2.24) is 9.55 Å². The zero-order valence-corrected chi connectivity index (χ0v) is 9.73. The zero-order chi connectivity index (χ0) is 10.8. The Hall–Kier alpha value is -1.42. The van der Waals surface area contributed by atoms with Gasteiger partial charge in [0.15, 0.2) is 0 Å². The van der Waals surface area contributed by atoms with E-state index < -0.39 is 0 Å². The van der Waals surface area contributed by atoms with Crippen molar-refractivity contribution >= 4 is 15.9 Å². The van der Waals surface area contributed by atoms with Crippen molar-refractivity contribution in [3.05, 3.63) is 51.5 Å². The third-order valence-electron chi connectivity index (χ3n) is 2.12. The van der Waals surface area contributed by atoms with Gasteiger partial charge in [-0.3, -0.25) is 4.79 Å². The van der Waals surface area contributed by atoms with Gasteiger partial charge in [-0.1, -0.05) is 6.07 Å². The van der Waals surface area contributed by atoms with Crippen LogP contribution in [0.25, 0.3) is 11.3 Å². The summed E-state index contributed by atoms with van der Waals surface area (Å²) in [5, 5.41) is 0. The number of pyridine rings is 2. The molecule has 3 nitrogen and oxygen atoms in total. The first-order chi connectivity index (χ1) is 7.16. The van der Waals surface area contributed by atoms with Crippen LogP contribution in [0.5, 0.6) is 0 Å². The van der Waals surface area contributed by atoms with Crippen molar-refractivity contribution in [2.75, 3.05) is 0 Å². The smallest absolute Gasteiger partial charge is 0.250 e. The SMILES string of the molecule is Cn1ccc(-c2cccc(Br)n2)cc1=O. The van der Waals surface area contributed by atoms with E-state index in [1.165, 1.54) is 4.57 Å². The van der Waals surface area contributed by atoms with Gasteiger partial charge in [0.2, 0.25) is 0 Å². The fourth-order valence-corrected chi connectivity index (χ4v) is 1.62. The van der Waals surface area contributed by atoms with Crippen LogP contribution in [0, 0.1) is 0 Å². The largest absolute Gasteiger partial charge is 0.319 e. The molecule has 76 valence electrons. The van der Waals surface area contributed by atoms with Crippen LogP contribution in [0.15, 0.2) is 45.9 Å². The Morgan fingerprint density at radius 2 is 2.13 bits per heavy atom. The Bertz CT molecular complexity index is 548. The molecule has 2 aromatic heterocycles. The maximum atomic E-state index is 11.4. The first-order valence-electron chi connectivity index (χ1n) is 4.46. The van der Waals surface area contributed by atoms with E-state index in [-0.39, 0.29) is 5.56 Å². The molecule has 0 aliphatic rings. The fourth-order valence-electron chi connectivity index (χ4n) is 1.28. The molecule has 4 heteroatoms. The summed E-state index contributed by atoms with van der Waals surface area (Å²) in [6.07, 6.45) is 1.74. The highest BCUT2D eigenvalue weighted by Gasteiger charge is 2.01. The van der Waals surface area contributed by atoms with Gasteiger partial charge in [-0.25, -0.2) is 4.98 Å². The van der Waals surface area contributed by atoms with Gasteiger partial charge in [0.1, 0.15) is 4.60 Å². The molecule has 0 radical (unpaired) electrons. The Morgan fingerprint density at radius 3 is 2.80 bits per heavy atom. The minimum atomic E-state index is -0.0331. The highest BCUT2D eigenvalue weighted by molar-refractivity contribution is 9.10. The second-order valence-electron chi connectivity index (χ2n) is 3.21. The molecule has 2 rings (SSSR count). The summed E-state index contributed by atoms with van der Waals surface area (Å²) in [7, 11) is 1.72. The molecular formula is C11H9BrN2O. The maximum Gasteiger partial charge on any atom is 0.250 e. The van der Waals surface area contributed by atoms with Gasteiger partial charge < -0.3 is 4.57 Å². The van der Waals surface area contributed by atoms with Gasteiger partial charge in [0.25, 0.3) is 5.56 Å². The molecule has 0 bridgehead atoms. The molecule has 0 aliphatic carbocycles. The second kappa shape index (κ2) is 3.98. The van der Waals surface area contributed by atoms with E-state index in [2.05, 4.69) is 20.9 Å². The lowest BCUT2D eigenvalue weighted by molar-refractivity contribution is 0.861. The first-order valence-corrected chi connectivity index (χ1v) is 5.26. The van der Waals surface area contributed by atoms with Crippen LogP contribution in [0.3, 0.4) is 0 Å². The Balaban J connectivity index is 2.55. The molecule has 0 saturated carbocycles. The first kappa shape index (κ1) is 10.1. The van der Waals surface area contributed by atoms with Crippen LogP contribution in [-0.4, -0.2) is 9.55 Å². The van der Waals surface area contributed by atoms with Crippen molar-refractivity contribution < 1.29 is 0 Å². The van der Waals surface area contributed by atoms with Crippen LogP contribution in [0.1, 0.15) is 0 Å². The summed E-state index contributed by atoms with van der Waals surface area (Å²) in [5.74, 6) is 0. The van der Waals surface area contributed by atoms with Gasteiger partial charge in [-0.2, -0.15) is 0 Å². The minimum absolute atomic E-state index is 0.0331. The minimum Gasteiger partial charge on any atom is -0.319 e. The van der Waals surface area contributed by atoms with Crippen molar-refractivity contribution in [3.63, 3.8) is 0 Å². The Morgan fingerprint density at radius 1 is 1.33 bits per heavy atom. The molecule has 2 aromatic rings. The van der Waals surface area contributed by atoms with E-state index in [0.29, 0.717) is 0 Å². The lowest BCUT2D eigenvalue weighted by Gasteiger charge is -2.02. The second-order valence-corrected chi connectivity index (χ2v) is 4.02. The van der Waals surface area contributed by atoms with Crippen molar-refractivity contribution in [2.45, 2.75) is 0 Å². The van der Waals surface area contributed by atoms with Crippen molar-refractivity contribution in [2.24, 2.45) is 7.05 Å². The number of aryl methyl sites for hydroxylation is 1. The third-order valence-corrected chi connectivity index (χ3v) is 2.56. The number of nitrogens with zero attached hydrogens (tertiary/aromatic N) is 2. The standard InChI is InChI=1S/C11H9BrN2O/c1-14-6-5-8(7-11(14)15)9-3-2-4-10(12)13-9/h2-7H,1H3. The molecule has 0 spiro atoms. The summed E-state index contributed by atoms with van der Waals surface area (Å²) < 4.78 is 2.29. The number of halogens is 1. The zero-order valence-electron chi connectivity index (χ0n) is 8.14. The molecule has 0 unspecified atom stereocenters. The Kier molecular flexibility index (Phi) is 2.68. The van der Waals surface area contributed by atoms with Gasteiger partial charge >= 0.3 is 0 Å². The van der Waals surface area contributed by atoms with Crippen LogP contribution in [-0.2, 0) is 7.05 Å². The molecule has 0 aliphatic heterocycles. The summed E-state index contributed by atoms with van der Waals surface area (Å²) >= 11 is 3.30. The molecule has 0 atom stereocenters. The molecule has 15 heavy (non-hydrogen) atoms. The molecular weight excluding hydrogens is 256 g/mol. The topological polar surface area (TPSA) is 34.9 Å². The van der Waals surface area contributed by atoms with E-state index in [9.17, 15) is 4.79 Å². The third kappa shape index (κ3) is 2.15. The summed E-state index contributed by atoms with van der Waals surface area (Å²) in [6.45, 7) is 0. The number of aromatic nitrogens is 2. The molecule has 0 N–H and O–H groups in total. The van der Waals surface area contributed by atoms with Crippen LogP contribution >= 0.6 is 15.9 Å². The predicted molar refractivity (Wildman–Crippen MR) is 62.6 cm³/mol. The number of hydrogen-bond donors (Lipinski definition) is 0.